The molecule has 19 heavy (non-hydrogen) atoms. The Bertz CT molecular complexity index is 514. The average Bonchev–Trinajstić information content (AvgIpc) is 2.56. The molecule has 1 aromatic rings. The Hall–Kier alpha value is -0.880. The van der Waals surface area contributed by atoms with Gasteiger partial charge in [-0.2, -0.15) is 5.10 Å². The zero-order valence-electron chi connectivity index (χ0n) is 11.7. The predicted octanol–water partition coefficient (Wildman–Crippen LogP) is 1.98. The van der Waals surface area contributed by atoms with Crippen LogP contribution in [0, 0.1) is 12.8 Å². The molecule has 0 unspecified atom stereocenters. The van der Waals surface area contributed by atoms with Gasteiger partial charge in [0.1, 0.15) is 4.90 Å². The average molecular weight is 285 g/mol. The van der Waals surface area contributed by atoms with E-state index in [2.05, 4.69) is 9.82 Å². The molecule has 1 fully saturated rings. The standard InChI is InChI=1S/C13H23N3O2S/c1-11-13(10-16(2)15-11)19(17,18)14-9-12-7-5-3-4-6-8-12/h10,12,14H,3-9H2,1-2H3. The fourth-order valence-electron chi connectivity index (χ4n) is 2.72. The number of rotatable bonds is 4. The van der Waals surface area contributed by atoms with Crippen LogP contribution in [0.2, 0.25) is 0 Å². The number of hydrogen-bond acceptors (Lipinski definition) is 3. The highest BCUT2D eigenvalue weighted by Crippen LogP contribution is 2.23. The zero-order valence-corrected chi connectivity index (χ0v) is 12.5. The lowest BCUT2D eigenvalue weighted by Crippen LogP contribution is -2.29. The van der Waals surface area contributed by atoms with Crippen molar-refractivity contribution in [3.05, 3.63) is 11.9 Å². The molecule has 0 aliphatic heterocycles. The molecule has 1 heterocycles. The van der Waals surface area contributed by atoms with Gasteiger partial charge in [-0.25, -0.2) is 13.1 Å². The molecule has 0 bridgehead atoms. The van der Waals surface area contributed by atoms with E-state index in [9.17, 15) is 8.42 Å². The second-order valence-electron chi connectivity index (χ2n) is 5.46. The van der Waals surface area contributed by atoms with Gasteiger partial charge in [-0.05, 0) is 25.7 Å². The number of nitrogens with one attached hydrogen (secondary N) is 1. The lowest BCUT2D eigenvalue weighted by Gasteiger charge is -2.14. The van der Waals surface area contributed by atoms with Gasteiger partial charge < -0.3 is 0 Å². The summed E-state index contributed by atoms with van der Waals surface area (Å²) in [5.41, 5.74) is 0.552. The third-order valence-electron chi connectivity index (χ3n) is 3.79. The number of hydrogen-bond donors (Lipinski definition) is 1. The summed E-state index contributed by atoms with van der Waals surface area (Å²) in [5, 5.41) is 4.08. The van der Waals surface area contributed by atoms with Crippen molar-refractivity contribution in [1.82, 2.24) is 14.5 Å². The summed E-state index contributed by atoms with van der Waals surface area (Å²) in [6.07, 6.45) is 8.83. The molecule has 1 N–H and O–H groups in total. The molecule has 0 atom stereocenters. The van der Waals surface area contributed by atoms with Crippen molar-refractivity contribution in [2.45, 2.75) is 50.3 Å². The SMILES string of the molecule is Cc1nn(C)cc1S(=O)(=O)NCC1CCCCCC1. The molecule has 1 aromatic heterocycles. The molecule has 2 rings (SSSR count). The molecule has 0 spiro atoms. The Labute approximate surface area is 115 Å². The Morgan fingerprint density at radius 1 is 1.32 bits per heavy atom. The quantitative estimate of drug-likeness (QED) is 0.860. The maximum Gasteiger partial charge on any atom is 0.243 e. The Morgan fingerprint density at radius 2 is 1.95 bits per heavy atom. The topological polar surface area (TPSA) is 64.0 Å². The van der Waals surface area contributed by atoms with E-state index < -0.39 is 10.0 Å². The van der Waals surface area contributed by atoms with Crippen LogP contribution in [0.3, 0.4) is 0 Å². The van der Waals surface area contributed by atoms with Crippen molar-refractivity contribution in [3.8, 4) is 0 Å². The predicted molar refractivity (Wildman–Crippen MR) is 74.3 cm³/mol. The first kappa shape index (κ1) is 14.5. The normalized spacial score (nSPS) is 18.4. The monoisotopic (exact) mass is 285 g/mol. The second-order valence-corrected chi connectivity index (χ2v) is 7.20. The molecule has 5 nitrogen and oxygen atoms in total. The second kappa shape index (κ2) is 6.05. The Kier molecular flexibility index (Phi) is 4.62. The van der Waals surface area contributed by atoms with Crippen LogP contribution in [0.1, 0.15) is 44.2 Å². The fourth-order valence-corrected chi connectivity index (χ4v) is 4.05. The minimum absolute atomic E-state index is 0.295. The molecule has 1 aliphatic carbocycles. The van der Waals surface area contributed by atoms with Crippen LogP contribution >= 0.6 is 0 Å². The first-order valence-corrected chi connectivity index (χ1v) is 8.47. The minimum atomic E-state index is -3.41. The van der Waals surface area contributed by atoms with Crippen LogP contribution in [0.4, 0.5) is 0 Å². The van der Waals surface area contributed by atoms with Crippen molar-refractivity contribution in [1.29, 1.82) is 0 Å². The van der Waals surface area contributed by atoms with Crippen molar-refractivity contribution >= 4 is 10.0 Å². The van der Waals surface area contributed by atoms with E-state index in [-0.39, 0.29) is 0 Å². The molecule has 0 amide bonds. The zero-order chi connectivity index (χ0) is 13.9. The largest absolute Gasteiger partial charge is 0.274 e. The molecule has 1 aliphatic rings. The van der Waals surface area contributed by atoms with Crippen molar-refractivity contribution < 1.29 is 8.42 Å². The van der Waals surface area contributed by atoms with Gasteiger partial charge in [-0.1, -0.05) is 25.7 Å². The Balaban J connectivity index is 1.99. The molecular formula is C13H23N3O2S. The summed E-state index contributed by atoms with van der Waals surface area (Å²) in [6.45, 7) is 2.27. The first-order valence-electron chi connectivity index (χ1n) is 6.99. The molecule has 6 heteroatoms. The Morgan fingerprint density at radius 3 is 2.47 bits per heavy atom. The summed E-state index contributed by atoms with van der Waals surface area (Å²) in [5.74, 6) is 0.481. The lowest BCUT2D eigenvalue weighted by molar-refractivity contribution is 0.451. The van der Waals surface area contributed by atoms with Gasteiger partial charge in [0.15, 0.2) is 0 Å². The van der Waals surface area contributed by atoms with Gasteiger partial charge in [0.25, 0.3) is 0 Å². The van der Waals surface area contributed by atoms with Crippen molar-refractivity contribution in [2.75, 3.05) is 6.54 Å². The van der Waals surface area contributed by atoms with E-state index in [1.807, 2.05) is 0 Å². The third-order valence-corrected chi connectivity index (χ3v) is 5.32. The lowest BCUT2D eigenvalue weighted by atomic mass is 10.0. The highest BCUT2D eigenvalue weighted by Gasteiger charge is 2.21. The van der Waals surface area contributed by atoms with Crippen molar-refractivity contribution in [3.63, 3.8) is 0 Å². The summed E-state index contributed by atoms with van der Waals surface area (Å²) < 4.78 is 28.7. The number of sulfonamides is 1. The fraction of sp³-hybridized carbons (Fsp3) is 0.769. The number of aryl methyl sites for hydroxylation is 2. The van der Waals surface area contributed by atoms with Crippen LogP contribution in [0.15, 0.2) is 11.1 Å². The molecule has 0 aromatic carbocycles. The van der Waals surface area contributed by atoms with Gasteiger partial charge in [0, 0.05) is 19.8 Å². The summed E-state index contributed by atoms with van der Waals surface area (Å²) in [4.78, 5) is 0.295. The molecule has 0 saturated heterocycles. The third kappa shape index (κ3) is 3.79. The molecule has 1 saturated carbocycles. The maximum atomic E-state index is 12.2. The van der Waals surface area contributed by atoms with Crippen LogP contribution in [0.5, 0.6) is 0 Å². The summed E-state index contributed by atoms with van der Waals surface area (Å²) in [6, 6.07) is 0. The van der Waals surface area contributed by atoms with E-state index in [1.54, 1.807) is 20.2 Å². The van der Waals surface area contributed by atoms with E-state index in [0.717, 1.165) is 12.8 Å². The molecule has 108 valence electrons. The number of aromatic nitrogens is 2. The van der Waals surface area contributed by atoms with E-state index in [4.69, 9.17) is 0 Å². The molecule has 0 radical (unpaired) electrons. The van der Waals surface area contributed by atoms with Gasteiger partial charge in [0.2, 0.25) is 10.0 Å². The van der Waals surface area contributed by atoms with Gasteiger partial charge in [-0.15, -0.1) is 0 Å². The van der Waals surface area contributed by atoms with Crippen molar-refractivity contribution in [2.24, 2.45) is 13.0 Å². The minimum Gasteiger partial charge on any atom is -0.274 e. The van der Waals surface area contributed by atoms with E-state index in [0.29, 0.717) is 23.1 Å². The smallest absolute Gasteiger partial charge is 0.243 e. The van der Waals surface area contributed by atoms with Crippen LogP contribution in [0.25, 0.3) is 0 Å². The van der Waals surface area contributed by atoms with E-state index in [1.165, 1.54) is 30.4 Å². The highest BCUT2D eigenvalue weighted by molar-refractivity contribution is 7.89. The van der Waals surface area contributed by atoms with Crippen LogP contribution in [-0.2, 0) is 17.1 Å². The van der Waals surface area contributed by atoms with Crippen LogP contribution < -0.4 is 4.72 Å². The van der Waals surface area contributed by atoms with Gasteiger partial charge in [-0.3, -0.25) is 4.68 Å². The first-order chi connectivity index (χ1) is 8.99. The van der Waals surface area contributed by atoms with Crippen LogP contribution in [-0.4, -0.2) is 24.7 Å². The molecular weight excluding hydrogens is 262 g/mol. The number of nitrogens with zero attached hydrogens (tertiary/aromatic N) is 2. The van der Waals surface area contributed by atoms with E-state index >= 15 is 0 Å². The maximum absolute atomic E-state index is 12.2. The summed E-state index contributed by atoms with van der Waals surface area (Å²) in [7, 11) is -1.68. The highest BCUT2D eigenvalue weighted by atomic mass is 32.2. The van der Waals surface area contributed by atoms with Gasteiger partial charge in [0.05, 0.1) is 5.69 Å². The summed E-state index contributed by atoms with van der Waals surface area (Å²) >= 11 is 0. The van der Waals surface area contributed by atoms with Gasteiger partial charge >= 0.3 is 0 Å².